The molecule has 5 heteroatoms. The number of carbonyl (C=O) groups is 3. The van der Waals surface area contributed by atoms with Gasteiger partial charge in [-0.15, -0.1) is 0 Å². The van der Waals surface area contributed by atoms with Crippen molar-refractivity contribution in [1.29, 1.82) is 0 Å². The van der Waals surface area contributed by atoms with Crippen LogP contribution in [0.5, 0.6) is 0 Å². The highest BCUT2D eigenvalue weighted by atomic mass is 16.4. The van der Waals surface area contributed by atoms with Gasteiger partial charge in [0, 0.05) is 25.8 Å². The lowest BCUT2D eigenvalue weighted by Gasteiger charge is -2.36. The fourth-order valence-electron chi connectivity index (χ4n) is 2.23. The van der Waals surface area contributed by atoms with E-state index < -0.39 is 5.97 Å². The van der Waals surface area contributed by atoms with Crippen LogP contribution in [-0.2, 0) is 14.4 Å². The minimum atomic E-state index is -0.846. The Hall–Kier alpha value is -1.65. The molecule has 1 rings (SSSR count). The van der Waals surface area contributed by atoms with Crippen molar-refractivity contribution >= 4 is 17.8 Å². The quantitative estimate of drug-likeness (QED) is 0.599. The first-order valence-corrected chi connectivity index (χ1v) is 6.98. The maximum absolute atomic E-state index is 12.0. The van der Waals surface area contributed by atoms with Crippen LogP contribution < -0.4 is 0 Å². The third kappa shape index (κ3) is 4.47. The van der Waals surface area contributed by atoms with Gasteiger partial charge >= 0.3 is 5.97 Å². The lowest BCUT2D eigenvalue weighted by Crippen LogP contribution is -2.46. The summed E-state index contributed by atoms with van der Waals surface area (Å²) in [6.07, 6.45) is 3.89. The SMILES string of the molecule is CCC1(C)CC(=O)N(C/C=C(\C)CCC(=O)O)C(=O)C1. The van der Waals surface area contributed by atoms with Crippen molar-refractivity contribution in [1.82, 2.24) is 4.90 Å². The van der Waals surface area contributed by atoms with Crippen molar-refractivity contribution in [3.63, 3.8) is 0 Å². The predicted octanol–water partition coefficient (Wildman–Crippen LogP) is 2.36. The molecule has 0 aromatic heterocycles. The highest BCUT2D eigenvalue weighted by molar-refractivity contribution is 5.98. The van der Waals surface area contributed by atoms with Crippen molar-refractivity contribution in [3.05, 3.63) is 11.6 Å². The molecule has 0 unspecified atom stereocenters. The number of nitrogens with zero attached hydrogens (tertiary/aromatic N) is 1. The number of carboxylic acid groups (broad SMARTS) is 1. The monoisotopic (exact) mass is 281 g/mol. The third-order valence-electron chi connectivity index (χ3n) is 3.97. The maximum atomic E-state index is 12.0. The molecule has 0 spiro atoms. The average molecular weight is 281 g/mol. The molecule has 112 valence electrons. The third-order valence-corrected chi connectivity index (χ3v) is 3.97. The Kier molecular flexibility index (Phi) is 5.48. The largest absolute Gasteiger partial charge is 0.481 e. The number of allylic oxidation sites excluding steroid dienone is 1. The Morgan fingerprint density at radius 1 is 1.30 bits per heavy atom. The summed E-state index contributed by atoms with van der Waals surface area (Å²) in [6, 6.07) is 0. The van der Waals surface area contributed by atoms with Crippen molar-refractivity contribution in [2.75, 3.05) is 6.54 Å². The zero-order chi connectivity index (χ0) is 15.3. The van der Waals surface area contributed by atoms with Crippen LogP contribution in [0.1, 0.15) is 52.9 Å². The zero-order valence-electron chi connectivity index (χ0n) is 12.4. The maximum Gasteiger partial charge on any atom is 0.303 e. The van der Waals surface area contributed by atoms with Crippen LogP contribution >= 0.6 is 0 Å². The van der Waals surface area contributed by atoms with Crippen LogP contribution in [0.15, 0.2) is 11.6 Å². The molecule has 1 saturated heterocycles. The summed E-state index contributed by atoms with van der Waals surface area (Å²) >= 11 is 0. The van der Waals surface area contributed by atoms with Crippen LogP contribution in [0.25, 0.3) is 0 Å². The molecule has 2 amide bonds. The fraction of sp³-hybridized carbons (Fsp3) is 0.667. The molecule has 20 heavy (non-hydrogen) atoms. The number of imide groups is 1. The number of piperidine rings is 1. The molecule has 0 atom stereocenters. The van der Waals surface area contributed by atoms with Gasteiger partial charge in [0.25, 0.3) is 0 Å². The lowest BCUT2D eigenvalue weighted by molar-refractivity contribution is -0.152. The van der Waals surface area contributed by atoms with E-state index in [0.29, 0.717) is 19.3 Å². The molecule has 1 aliphatic rings. The summed E-state index contributed by atoms with van der Waals surface area (Å²) in [5.74, 6) is -1.11. The molecule has 0 saturated carbocycles. The van der Waals surface area contributed by atoms with Gasteiger partial charge in [-0.1, -0.05) is 25.5 Å². The van der Waals surface area contributed by atoms with E-state index in [1.807, 2.05) is 20.8 Å². The number of carbonyl (C=O) groups excluding carboxylic acids is 2. The number of carboxylic acids is 1. The second-order valence-corrected chi connectivity index (χ2v) is 5.86. The molecule has 1 aliphatic heterocycles. The zero-order valence-corrected chi connectivity index (χ0v) is 12.4. The number of hydrogen-bond donors (Lipinski definition) is 1. The fourth-order valence-corrected chi connectivity index (χ4v) is 2.23. The Bertz CT molecular complexity index is 421. The van der Waals surface area contributed by atoms with Gasteiger partial charge in [-0.25, -0.2) is 0 Å². The minimum absolute atomic E-state index is 0.0676. The van der Waals surface area contributed by atoms with Crippen molar-refractivity contribution in [2.24, 2.45) is 5.41 Å². The van der Waals surface area contributed by atoms with Crippen LogP contribution in [0.2, 0.25) is 0 Å². The summed E-state index contributed by atoms with van der Waals surface area (Å²) < 4.78 is 0. The number of likely N-dealkylation sites (tertiary alicyclic amines) is 1. The second-order valence-electron chi connectivity index (χ2n) is 5.86. The van der Waals surface area contributed by atoms with Gasteiger partial charge in [0.2, 0.25) is 11.8 Å². The Balaban J connectivity index is 2.60. The molecular formula is C15H23NO4. The molecule has 1 fully saturated rings. The van der Waals surface area contributed by atoms with Gasteiger partial charge in [-0.05, 0) is 25.2 Å². The van der Waals surface area contributed by atoms with E-state index in [0.717, 1.165) is 12.0 Å². The molecule has 5 nitrogen and oxygen atoms in total. The van der Waals surface area contributed by atoms with Crippen LogP contribution in [-0.4, -0.2) is 34.3 Å². The summed E-state index contributed by atoms with van der Waals surface area (Å²) in [4.78, 5) is 35.8. The molecule has 0 aromatic rings. The van der Waals surface area contributed by atoms with Crippen molar-refractivity contribution in [2.45, 2.75) is 52.9 Å². The molecule has 1 heterocycles. The van der Waals surface area contributed by atoms with Crippen LogP contribution in [0.4, 0.5) is 0 Å². The highest BCUT2D eigenvalue weighted by Gasteiger charge is 2.38. The van der Waals surface area contributed by atoms with Gasteiger partial charge in [0.1, 0.15) is 0 Å². The topological polar surface area (TPSA) is 74.7 Å². The summed E-state index contributed by atoms with van der Waals surface area (Å²) in [5, 5.41) is 8.60. The number of hydrogen-bond acceptors (Lipinski definition) is 3. The van der Waals surface area contributed by atoms with Crippen molar-refractivity contribution < 1.29 is 19.5 Å². The predicted molar refractivity (Wildman–Crippen MR) is 75.0 cm³/mol. The lowest BCUT2D eigenvalue weighted by atomic mass is 9.77. The Morgan fingerprint density at radius 3 is 2.30 bits per heavy atom. The van der Waals surface area contributed by atoms with E-state index in [-0.39, 0.29) is 30.2 Å². The van der Waals surface area contributed by atoms with Crippen LogP contribution in [0, 0.1) is 5.41 Å². The van der Waals surface area contributed by atoms with E-state index >= 15 is 0 Å². The standard InChI is InChI=1S/C15H23NO4/c1-4-15(3)9-12(17)16(13(18)10-15)8-7-11(2)5-6-14(19)20/h7H,4-6,8-10H2,1-3H3,(H,19,20)/b11-7+. The first-order valence-electron chi connectivity index (χ1n) is 6.98. The van der Waals surface area contributed by atoms with Gasteiger partial charge in [-0.2, -0.15) is 0 Å². The van der Waals surface area contributed by atoms with E-state index in [2.05, 4.69) is 0 Å². The Labute approximate surface area is 119 Å². The van der Waals surface area contributed by atoms with E-state index in [4.69, 9.17) is 5.11 Å². The molecule has 1 N–H and O–H groups in total. The molecule has 0 aromatic carbocycles. The first-order chi connectivity index (χ1) is 9.27. The van der Waals surface area contributed by atoms with Gasteiger partial charge in [0.15, 0.2) is 0 Å². The first kappa shape index (κ1) is 16.4. The van der Waals surface area contributed by atoms with Gasteiger partial charge < -0.3 is 5.11 Å². The summed E-state index contributed by atoms with van der Waals surface area (Å²) in [5.41, 5.74) is 0.670. The molecule has 0 radical (unpaired) electrons. The van der Waals surface area contributed by atoms with Gasteiger partial charge in [0.05, 0.1) is 0 Å². The minimum Gasteiger partial charge on any atom is -0.481 e. The Morgan fingerprint density at radius 2 is 1.85 bits per heavy atom. The number of rotatable bonds is 6. The normalized spacial score (nSPS) is 19.4. The summed E-state index contributed by atoms with van der Waals surface area (Å²) in [6.45, 7) is 6.03. The number of aliphatic carboxylic acids is 1. The molecule has 0 bridgehead atoms. The average Bonchev–Trinajstić information content (AvgIpc) is 2.35. The highest BCUT2D eigenvalue weighted by Crippen LogP contribution is 2.35. The van der Waals surface area contributed by atoms with Crippen molar-refractivity contribution in [3.8, 4) is 0 Å². The summed E-state index contributed by atoms with van der Waals surface area (Å²) in [7, 11) is 0. The number of amides is 2. The van der Waals surface area contributed by atoms with E-state index in [1.165, 1.54) is 4.90 Å². The van der Waals surface area contributed by atoms with E-state index in [1.54, 1.807) is 6.08 Å². The second kappa shape index (κ2) is 6.68. The van der Waals surface area contributed by atoms with Gasteiger partial charge in [-0.3, -0.25) is 19.3 Å². The molecule has 0 aliphatic carbocycles. The smallest absolute Gasteiger partial charge is 0.303 e. The molecular weight excluding hydrogens is 258 g/mol. The van der Waals surface area contributed by atoms with Crippen LogP contribution in [0.3, 0.4) is 0 Å². The van der Waals surface area contributed by atoms with E-state index in [9.17, 15) is 14.4 Å².